The van der Waals surface area contributed by atoms with Gasteiger partial charge in [-0.25, -0.2) is 4.79 Å². The van der Waals surface area contributed by atoms with Crippen molar-refractivity contribution in [3.8, 4) is 0 Å². The van der Waals surface area contributed by atoms with Crippen LogP contribution in [0.2, 0.25) is 0 Å². The fraction of sp³-hybridized carbons (Fsp3) is 0.917. The molecule has 1 fully saturated rings. The number of aliphatic hydroxyl groups is 1. The summed E-state index contributed by atoms with van der Waals surface area (Å²) in [5.74, 6) is 0.0856. The van der Waals surface area contributed by atoms with Gasteiger partial charge in [0.1, 0.15) is 5.60 Å². The van der Waals surface area contributed by atoms with Crippen LogP contribution in [0.1, 0.15) is 27.2 Å². The summed E-state index contributed by atoms with van der Waals surface area (Å²) in [5.41, 5.74) is -0.472. The number of rotatable bonds is 3. The van der Waals surface area contributed by atoms with Gasteiger partial charge < -0.3 is 19.5 Å². The van der Waals surface area contributed by atoms with Crippen LogP contribution in [0.25, 0.3) is 0 Å². The second-order valence-electron chi connectivity index (χ2n) is 5.50. The molecule has 5 heteroatoms. The van der Waals surface area contributed by atoms with Gasteiger partial charge in [-0.3, -0.25) is 0 Å². The largest absolute Gasteiger partial charge is 0.444 e. The van der Waals surface area contributed by atoms with Crippen molar-refractivity contribution < 1.29 is 19.4 Å². The van der Waals surface area contributed by atoms with Crippen LogP contribution >= 0.6 is 0 Å². The number of nitrogens with zero attached hydrogens (tertiary/aromatic N) is 1. The van der Waals surface area contributed by atoms with Crippen molar-refractivity contribution in [1.29, 1.82) is 0 Å². The van der Waals surface area contributed by atoms with E-state index in [1.54, 1.807) is 12.0 Å². The number of hydrogen-bond acceptors (Lipinski definition) is 4. The Morgan fingerprint density at radius 2 is 2.18 bits per heavy atom. The Balaban J connectivity index is 2.42. The van der Waals surface area contributed by atoms with E-state index in [1.807, 2.05) is 20.8 Å². The van der Waals surface area contributed by atoms with Crippen molar-refractivity contribution in [2.75, 3.05) is 26.8 Å². The minimum absolute atomic E-state index is 0.0856. The first-order chi connectivity index (χ1) is 7.83. The number of hydrogen-bond donors (Lipinski definition) is 1. The predicted molar refractivity (Wildman–Crippen MR) is 63.8 cm³/mol. The van der Waals surface area contributed by atoms with Gasteiger partial charge in [0, 0.05) is 26.1 Å². The van der Waals surface area contributed by atoms with Crippen LogP contribution < -0.4 is 0 Å². The Bertz CT molecular complexity index is 262. The fourth-order valence-corrected chi connectivity index (χ4v) is 1.90. The first kappa shape index (κ1) is 14.3. The maximum absolute atomic E-state index is 11.8. The minimum atomic E-state index is -0.507. The second kappa shape index (κ2) is 5.69. The molecular weight excluding hydrogens is 222 g/mol. The van der Waals surface area contributed by atoms with Crippen molar-refractivity contribution in [1.82, 2.24) is 4.90 Å². The van der Waals surface area contributed by atoms with Crippen LogP contribution in [0.5, 0.6) is 0 Å². The summed E-state index contributed by atoms with van der Waals surface area (Å²) in [6.07, 6.45) is -0.0129. The van der Waals surface area contributed by atoms with Crippen molar-refractivity contribution in [3.05, 3.63) is 0 Å². The topological polar surface area (TPSA) is 59.0 Å². The lowest BCUT2D eigenvalue weighted by Crippen LogP contribution is -2.36. The lowest BCUT2D eigenvalue weighted by molar-refractivity contribution is 0.0170. The van der Waals surface area contributed by atoms with E-state index < -0.39 is 11.7 Å². The summed E-state index contributed by atoms with van der Waals surface area (Å²) in [6, 6.07) is 0. The average Bonchev–Trinajstić information content (AvgIpc) is 2.63. The zero-order valence-corrected chi connectivity index (χ0v) is 11.1. The Kier molecular flexibility index (Phi) is 4.77. The lowest BCUT2D eigenvalue weighted by Gasteiger charge is -2.25. The highest BCUT2D eigenvalue weighted by molar-refractivity contribution is 5.68. The maximum atomic E-state index is 11.8. The molecule has 0 saturated carbocycles. The number of methoxy groups -OCH3 is 1. The molecule has 0 spiro atoms. The van der Waals surface area contributed by atoms with Gasteiger partial charge in [-0.1, -0.05) is 0 Å². The summed E-state index contributed by atoms with van der Waals surface area (Å²) in [4.78, 5) is 13.4. The maximum Gasteiger partial charge on any atom is 0.410 e. The van der Waals surface area contributed by atoms with E-state index in [9.17, 15) is 9.90 Å². The summed E-state index contributed by atoms with van der Waals surface area (Å²) in [7, 11) is 1.56. The number of carbonyl (C=O) groups is 1. The Morgan fingerprint density at radius 3 is 2.71 bits per heavy atom. The van der Waals surface area contributed by atoms with E-state index in [0.717, 1.165) is 6.42 Å². The van der Waals surface area contributed by atoms with Crippen LogP contribution in [-0.4, -0.2) is 54.6 Å². The minimum Gasteiger partial charge on any atom is -0.444 e. The van der Waals surface area contributed by atoms with Gasteiger partial charge in [0.15, 0.2) is 0 Å². The average molecular weight is 245 g/mol. The van der Waals surface area contributed by atoms with Crippen molar-refractivity contribution >= 4 is 6.09 Å². The quantitative estimate of drug-likeness (QED) is 0.813. The number of amides is 1. The van der Waals surface area contributed by atoms with E-state index >= 15 is 0 Å². The van der Waals surface area contributed by atoms with Crippen molar-refractivity contribution in [2.45, 2.75) is 38.9 Å². The van der Waals surface area contributed by atoms with E-state index in [1.165, 1.54) is 0 Å². The normalized spacial score (nSPS) is 22.6. The van der Waals surface area contributed by atoms with E-state index in [2.05, 4.69) is 0 Å². The molecule has 0 radical (unpaired) electrons. The molecule has 0 aromatic heterocycles. The molecule has 0 aliphatic carbocycles. The molecule has 100 valence electrons. The highest BCUT2D eigenvalue weighted by atomic mass is 16.6. The zero-order chi connectivity index (χ0) is 13.1. The summed E-state index contributed by atoms with van der Waals surface area (Å²) >= 11 is 0. The predicted octanol–water partition coefficient (Wildman–Crippen LogP) is 1.25. The standard InChI is InChI=1S/C12H23NO4/c1-12(2,3)17-11(15)13-6-5-9(7-13)10(14)8-16-4/h9-10,14H,5-8H2,1-4H3/t9-,10+/m0/s1. The molecule has 0 bridgehead atoms. The van der Waals surface area contributed by atoms with Crippen LogP contribution in [0.15, 0.2) is 0 Å². The summed E-state index contributed by atoms with van der Waals surface area (Å²) in [6.45, 7) is 7.03. The molecule has 17 heavy (non-hydrogen) atoms. The first-order valence-electron chi connectivity index (χ1n) is 5.98. The Labute approximate surface area is 103 Å². The third-order valence-electron chi connectivity index (χ3n) is 2.76. The fourth-order valence-electron chi connectivity index (χ4n) is 1.90. The van der Waals surface area contributed by atoms with Gasteiger partial charge in [-0.05, 0) is 27.2 Å². The molecule has 1 aliphatic heterocycles. The van der Waals surface area contributed by atoms with Gasteiger partial charge in [0.05, 0.1) is 12.7 Å². The van der Waals surface area contributed by atoms with Crippen molar-refractivity contribution in [2.24, 2.45) is 5.92 Å². The van der Waals surface area contributed by atoms with Gasteiger partial charge in [-0.2, -0.15) is 0 Å². The van der Waals surface area contributed by atoms with Crippen molar-refractivity contribution in [3.63, 3.8) is 0 Å². The van der Waals surface area contributed by atoms with Gasteiger partial charge in [-0.15, -0.1) is 0 Å². The molecule has 1 saturated heterocycles. The van der Waals surface area contributed by atoms with Crippen LogP contribution in [0, 0.1) is 5.92 Å². The molecule has 0 unspecified atom stereocenters. The summed E-state index contributed by atoms with van der Waals surface area (Å²) in [5, 5.41) is 9.78. The van der Waals surface area contributed by atoms with Crippen LogP contribution in [0.3, 0.4) is 0 Å². The smallest absolute Gasteiger partial charge is 0.410 e. The Morgan fingerprint density at radius 1 is 1.53 bits per heavy atom. The number of aliphatic hydroxyl groups excluding tert-OH is 1. The molecule has 2 atom stereocenters. The highest BCUT2D eigenvalue weighted by Crippen LogP contribution is 2.22. The third kappa shape index (κ3) is 4.52. The van der Waals surface area contributed by atoms with E-state index in [4.69, 9.17) is 9.47 Å². The lowest BCUT2D eigenvalue weighted by atomic mass is 10.0. The molecule has 0 aromatic carbocycles. The molecule has 1 aliphatic rings. The van der Waals surface area contributed by atoms with Gasteiger partial charge in [0.25, 0.3) is 0 Å². The molecule has 1 rings (SSSR count). The molecular formula is C12H23NO4. The second-order valence-corrected chi connectivity index (χ2v) is 5.50. The molecule has 1 amide bonds. The van der Waals surface area contributed by atoms with Crippen LogP contribution in [-0.2, 0) is 9.47 Å². The van der Waals surface area contributed by atoms with Gasteiger partial charge in [0.2, 0.25) is 0 Å². The molecule has 1 N–H and O–H groups in total. The number of carbonyl (C=O) groups excluding carboxylic acids is 1. The zero-order valence-electron chi connectivity index (χ0n) is 11.1. The SMILES string of the molecule is COC[C@@H](O)[C@H]1CCN(C(=O)OC(C)(C)C)C1. The summed E-state index contributed by atoms with van der Waals surface area (Å²) < 4.78 is 10.2. The monoisotopic (exact) mass is 245 g/mol. The van der Waals surface area contributed by atoms with E-state index in [-0.39, 0.29) is 12.0 Å². The van der Waals surface area contributed by atoms with E-state index in [0.29, 0.717) is 19.7 Å². The highest BCUT2D eigenvalue weighted by Gasteiger charge is 2.33. The third-order valence-corrected chi connectivity index (χ3v) is 2.76. The van der Waals surface area contributed by atoms with Crippen LogP contribution in [0.4, 0.5) is 4.79 Å². The number of likely N-dealkylation sites (tertiary alicyclic amines) is 1. The molecule has 0 aromatic rings. The first-order valence-corrected chi connectivity index (χ1v) is 5.98. The molecule has 1 heterocycles. The number of ether oxygens (including phenoxy) is 2. The van der Waals surface area contributed by atoms with Gasteiger partial charge >= 0.3 is 6.09 Å². The molecule has 5 nitrogen and oxygen atoms in total. The Hall–Kier alpha value is -0.810.